The molecule has 1 fully saturated rings. The van der Waals surface area contributed by atoms with Gasteiger partial charge in [0.05, 0.1) is 26.1 Å². The highest BCUT2D eigenvalue weighted by molar-refractivity contribution is 8.00. The van der Waals surface area contributed by atoms with Crippen molar-refractivity contribution in [1.82, 2.24) is 5.32 Å². The molecule has 27 heavy (non-hydrogen) atoms. The second-order valence-corrected chi connectivity index (χ2v) is 7.61. The van der Waals surface area contributed by atoms with Crippen molar-refractivity contribution in [3.63, 3.8) is 0 Å². The van der Waals surface area contributed by atoms with Crippen LogP contribution in [0, 0.1) is 0 Å². The van der Waals surface area contributed by atoms with E-state index in [1.54, 1.807) is 7.11 Å². The molecular weight excluding hydrogens is 360 g/mol. The van der Waals surface area contributed by atoms with Gasteiger partial charge in [-0.05, 0) is 29.8 Å². The maximum absolute atomic E-state index is 12.6. The molecule has 0 saturated carbocycles. The van der Waals surface area contributed by atoms with Crippen LogP contribution in [0.15, 0.2) is 59.5 Å². The average Bonchev–Trinajstić information content (AvgIpc) is 2.73. The molecule has 3 rings (SSSR count). The maximum atomic E-state index is 12.6. The van der Waals surface area contributed by atoms with E-state index in [2.05, 4.69) is 17.4 Å². The van der Waals surface area contributed by atoms with Crippen molar-refractivity contribution >= 4 is 17.7 Å². The minimum atomic E-state index is 0.0169. The summed E-state index contributed by atoms with van der Waals surface area (Å²) in [7, 11) is 1.65. The normalized spacial score (nSPS) is 15.9. The van der Waals surface area contributed by atoms with Crippen molar-refractivity contribution in [2.45, 2.75) is 10.9 Å². The van der Waals surface area contributed by atoms with Gasteiger partial charge in [0.2, 0.25) is 5.91 Å². The Balaban J connectivity index is 1.57. The molecule has 0 unspecified atom stereocenters. The summed E-state index contributed by atoms with van der Waals surface area (Å²) in [5, 5.41) is 3.23. The predicted molar refractivity (Wildman–Crippen MR) is 107 cm³/mol. The number of morpholine rings is 1. The first-order chi connectivity index (χ1) is 13.2. The Labute approximate surface area is 165 Å². The Hall–Kier alpha value is -2.02. The summed E-state index contributed by atoms with van der Waals surface area (Å²) < 4.78 is 10.6. The molecule has 144 valence electrons. The number of hydrogen-bond acceptors (Lipinski definition) is 4. The largest absolute Gasteiger partial charge is 0.497 e. The van der Waals surface area contributed by atoms with Crippen molar-refractivity contribution < 1.29 is 19.2 Å². The molecular formula is C21H27N2O3S+. The second-order valence-electron chi connectivity index (χ2n) is 6.56. The summed E-state index contributed by atoms with van der Waals surface area (Å²) in [5.74, 6) is 1.27. The van der Waals surface area contributed by atoms with E-state index in [4.69, 9.17) is 9.47 Å². The van der Waals surface area contributed by atoms with Gasteiger partial charge in [0.15, 0.2) is 0 Å². The van der Waals surface area contributed by atoms with Gasteiger partial charge >= 0.3 is 0 Å². The fourth-order valence-electron chi connectivity index (χ4n) is 3.15. The Morgan fingerprint density at radius 1 is 1.15 bits per heavy atom. The Bertz CT molecular complexity index is 703. The SMILES string of the molecule is COc1ccc(SCC(=O)N[C@H](C[NH+]2CCOCC2)c2ccccc2)cc1. The van der Waals surface area contributed by atoms with Crippen LogP contribution in [0.25, 0.3) is 0 Å². The highest BCUT2D eigenvalue weighted by Crippen LogP contribution is 2.21. The molecule has 0 radical (unpaired) electrons. The number of amides is 1. The van der Waals surface area contributed by atoms with E-state index in [1.165, 1.54) is 16.7 Å². The first-order valence-corrected chi connectivity index (χ1v) is 10.3. The third kappa shape index (κ3) is 6.27. The number of hydrogen-bond donors (Lipinski definition) is 2. The molecule has 5 nitrogen and oxygen atoms in total. The van der Waals surface area contributed by atoms with E-state index in [0.29, 0.717) is 5.75 Å². The standard InChI is InChI=1S/C21H26N2O3S/c1-25-18-7-9-19(10-8-18)27-16-21(24)22-20(17-5-3-2-4-6-17)15-23-11-13-26-14-12-23/h2-10,20H,11-16H2,1H3,(H,22,24)/p+1/t20-/m1/s1. The lowest BCUT2D eigenvalue weighted by Gasteiger charge is -2.28. The summed E-state index contributed by atoms with van der Waals surface area (Å²) in [6, 6.07) is 18.0. The van der Waals surface area contributed by atoms with Gasteiger partial charge < -0.3 is 19.7 Å². The molecule has 1 atom stereocenters. The van der Waals surface area contributed by atoms with Crippen molar-refractivity contribution in [3.05, 3.63) is 60.2 Å². The first kappa shape index (κ1) is 19.7. The number of methoxy groups -OCH3 is 1. The molecule has 0 aliphatic carbocycles. The summed E-state index contributed by atoms with van der Waals surface area (Å²) >= 11 is 1.54. The van der Waals surface area contributed by atoms with Gasteiger partial charge in [0.1, 0.15) is 31.4 Å². The Morgan fingerprint density at radius 3 is 2.52 bits per heavy atom. The first-order valence-electron chi connectivity index (χ1n) is 9.27. The topological polar surface area (TPSA) is 52.0 Å². The third-order valence-corrected chi connectivity index (χ3v) is 5.67. The zero-order valence-corrected chi connectivity index (χ0v) is 16.5. The number of thioether (sulfide) groups is 1. The summed E-state index contributed by atoms with van der Waals surface area (Å²) in [6.07, 6.45) is 0. The lowest BCUT2D eigenvalue weighted by molar-refractivity contribution is -0.909. The third-order valence-electron chi connectivity index (χ3n) is 4.66. The minimum absolute atomic E-state index is 0.0169. The van der Waals surface area contributed by atoms with Crippen LogP contribution in [0.4, 0.5) is 0 Å². The zero-order valence-electron chi connectivity index (χ0n) is 15.6. The quantitative estimate of drug-likeness (QED) is 0.675. The number of rotatable bonds is 8. The van der Waals surface area contributed by atoms with Crippen molar-refractivity contribution in [1.29, 1.82) is 0 Å². The van der Waals surface area contributed by atoms with Gasteiger partial charge in [-0.15, -0.1) is 11.8 Å². The van der Waals surface area contributed by atoms with E-state index in [0.717, 1.165) is 49.1 Å². The molecule has 0 aromatic heterocycles. The zero-order chi connectivity index (χ0) is 18.9. The van der Waals surface area contributed by atoms with E-state index in [9.17, 15) is 4.79 Å². The highest BCUT2D eigenvalue weighted by Gasteiger charge is 2.22. The number of nitrogens with one attached hydrogen (secondary N) is 2. The van der Waals surface area contributed by atoms with Gasteiger partial charge in [-0.1, -0.05) is 30.3 Å². The number of quaternary nitrogens is 1. The number of ether oxygens (including phenoxy) is 2. The average molecular weight is 388 g/mol. The summed E-state index contributed by atoms with van der Waals surface area (Å²) in [4.78, 5) is 15.1. The molecule has 1 amide bonds. The van der Waals surface area contributed by atoms with Gasteiger partial charge in [0.25, 0.3) is 0 Å². The van der Waals surface area contributed by atoms with Crippen molar-refractivity contribution in [2.75, 3.05) is 45.7 Å². The van der Waals surface area contributed by atoms with Crippen LogP contribution in [0.2, 0.25) is 0 Å². The van der Waals surface area contributed by atoms with Crippen LogP contribution in [-0.2, 0) is 9.53 Å². The molecule has 0 spiro atoms. The number of benzene rings is 2. The lowest BCUT2D eigenvalue weighted by Crippen LogP contribution is -3.14. The fraction of sp³-hybridized carbons (Fsp3) is 0.381. The smallest absolute Gasteiger partial charge is 0.231 e. The monoisotopic (exact) mass is 387 g/mol. The molecule has 1 heterocycles. The van der Waals surface area contributed by atoms with Crippen molar-refractivity contribution in [2.24, 2.45) is 0 Å². The van der Waals surface area contributed by atoms with Gasteiger partial charge in [-0.25, -0.2) is 0 Å². The maximum Gasteiger partial charge on any atom is 0.231 e. The minimum Gasteiger partial charge on any atom is -0.497 e. The fourth-order valence-corrected chi connectivity index (χ4v) is 3.86. The molecule has 1 saturated heterocycles. The van der Waals surface area contributed by atoms with Gasteiger partial charge in [-0.2, -0.15) is 0 Å². The van der Waals surface area contributed by atoms with Gasteiger partial charge in [-0.3, -0.25) is 4.79 Å². The molecule has 2 aromatic carbocycles. The van der Waals surface area contributed by atoms with Crippen LogP contribution in [0.1, 0.15) is 11.6 Å². The van der Waals surface area contributed by atoms with Crippen LogP contribution in [0.5, 0.6) is 5.75 Å². The molecule has 6 heteroatoms. The number of carbonyl (C=O) groups is 1. The van der Waals surface area contributed by atoms with E-state index in [1.807, 2.05) is 42.5 Å². The van der Waals surface area contributed by atoms with Crippen LogP contribution in [-0.4, -0.2) is 51.6 Å². The number of carbonyl (C=O) groups excluding carboxylic acids is 1. The molecule has 2 N–H and O–H groups in total. The van der Waals surface area contributed by atoms with Crippen LogP contribution < -0.4 is 15.0 Å². The Kier molecular flexibility index (Phi) is 7.56. The second kappa shape index (κ2) is 10.3. The van der Waals surface area contributed by atoms with Gasteiger partial charge in [0, 0.05) is 4.90 Å². The van der Waals surface area contributed by atoms with E-state index < -0.39 is 0 Å². The van der Waals surface area contributed by atoms with Crippen LogP contribution >= 0.6 is 11.8 Å². The molecule has 1 aliphatic heterocycles. The lowest BCUT2D eigenvalue weighted by atomic mass is 10.1. The Morgan fingerprint density at radius 2 is 1.85 bits per heavy atom. The van der Waals surface area contributed by atoms with E-state index in [-0.39, 0.29) is 11.9 Å². The molecule has 1 aliphatic rings. The van der Waals surface area contributed by atoms with Crippen molar-refractivity contribution in [3.8, 4) is 5.75 Å². The summed E-state index contributed by atoms with van der Waals surface area (Å²) in [5.41, 5.74) is 1.15. The molecule has 0 bridgehead atoms. The summed E-state index contributed by atoms with van der Waals surface area (Å²) in [6.45, 7) is 4.43. The predicted octanol–water partition coefficient (Wildman–Crippen LogP) is 1.56. The van der Waals surface area contributed by atoms with Crippen LogP contribution in [0.3, 0.4) is 0 Å². The highest BCUT2D eigenvalue weighted by atomic mass is 32.2. The molecule has 2 aromatic rings. The van der Waals surface area contributed by atoms with E-state index >= 15 is 0 Å².